The molecule has 0 aromatic heterocycles. The van der Waals surface area contributed by atoms with Gasteiger partial charge >= 0.3 is 0 Å². The summed E-state index contributed by atoms with van der Waals surface area (Å²) >= 11 is 3.45. The molecule has 0 aliphatic heterocycles. The van der Waals surface area contributed by atoms with Crippen LogP contribution in [0.5, 0.6) is 11.5 Å². The fourth-order valence-corrected chi connectivity index (χ4v) is 2.31. The molecular weight excluding hydrogens is 336 g/mol. The summed E-state index contributed by atoms with van der Waals surface area (Å²) in [4.78, 5) is 11.1. The van der Waals surface area contributed by atoms with E-state index in [0.717, 1.165) is 23.1 Å². The maximum atomic E-state index is 11.1. The summed E-state index contributed by atoms with van der Waals surface area (Å²) in [6, 6.07) is 3.83. The summed E-state index contributed by atoms with van der Waals surface area (Å²) in [6.07, 6.45) is -0.722. The average molecular weight is 359 g/mol. The van der Waals surface area contributed by atoms with Crippen LogP contribution in [0.3, 0.4) is 0 Å². The Morgan fingerprint density at radius 2 is 2.05 bits per heavy atom. The highest BCUT2D eigenvalue weighted by molar-refractivity contribution is 9.10. The summed E-state index contributed by atoms with van der Waals surface area (Å²) < 4.78 is 11.6. The predicted molar refractivity (Wildman–Crippen MR) is 86.5 cm³/mol. The molecule has 0 saturated carbocycles. The largest absolute Gasteiger partial charge is 0.493 e. The van der Waals surface area contributed by atoms with E-state index in [4.69, 9.17) is 15.2 Å². The van der Waals surface area contributed by atoms with Crippen LogP contribution in [0.2, 0.25) is 0 Å². The van der Waals surface area contributed by atoms with Crippen LogP contribution >= 0.6 is 15.9 Å². The van der Waals surface area contributed by atoms with E-state index in [9.17, 15) is 4.79 Å². The van der Waals surface area contributed by atoms with Gasteiger partial charge in [0.15, 0.2) is 17.6 Å². The lowest BCUT2D eigenvalue weighted by molar-refractivity contribution is -0.124. The molecule has 0 fully saturated rings. The molecule has 1 rings (SSSR count). The van der Waals surface area contributed by atoms with Crippen LogP contribution in [-0.4, -0.2) is 25.7 Å². The van der Waals surface area contributed by atoms with E-state index in [2.05, 4.69) is 35.1 Å². The predicted octanol–water partition coefficient (Wildman–Crippen LogP) is 2.46. The van der Waals surface area contributed by atoms with Gasteiger partial charge in [-0.3, -0.25) is 4.79 Å². The Morgan fingerprint density at radius 1 is 1.38 bits per heavy atom. The minimum Gasteiger partial charge on any atom is -0.493 e. The molecule has 118 valence electrons. The monoisotopic (exact) mass is 358 g/mol. The highest BCUT2D eigenvalue weighted by Gasteiger charge is 2.17. The molecule has 0 heterocycles. The van der Waals surface area contributed by atoms with Gasteiger partial charge in [0.05, 0.1) is 11.6 Å². The molecule has 1 amide bonds. The first kappa shape index (κ1) is 17.8. The number of primary amides is 1. The molecule has 0 aliphatic rings. The van der Waals surface area contributed by atoms with E-state index in [1.807, 2.05) is 12.1 Å². The number of carbonyl (C=O) groups is 1. The number of benzene rings is 1. The van der Waals surface area contributed by atoms with Crippen LogP contribution in [0.4, 0.5) is 0 Å². The first-order valence-corrected chi connectivity index (χ1v) is 7.67. The molecular formula is C15H23BrN2O3. The Balaban J connectivity index is 2.89. The molecule has 1 aromatic carbocycles. The lowest BCUT2D eigenvalue weighted by atomic mass is 10.1. The second-order valence-corrected chi connectivity index (χ2v) is 6.15. The van der Waals surface area contributed by atoms with Crippen molar-refractivity contribution in [1.29, 1.82) is 0 Å². The van der Waals surface area contributed by atoms with Crippen LogP contribution in [0, 0.1) is 5.92 Å². The lowest BCUT2D eigenvalue weighted by Crippen LogP contribution is -2.30. The Bertz CT molecular complexity index is 492. The molecule has 0 bridgehead atoms. The average Bonchev–Trinajstić information content (AvgIpc) is 2.40. The van der Waals surface area contributed by atoms with Gasteiger partial charge < -0.3 is 20.5 Å². The molecule has 0 saturated heterocycles. The fraction of sp³-hybridized carbons (Fsp3) is 0.533. The van der Waals surface area contributed by atoms with Crippen molar-refractivity contribution in [3.05, 3.63) is 22.2 Å². The van der Waals surface area contributed by atoms with Crippen molar-refractivity contribution in [2.24, 2.45) is 11.7 Å². The van der Waals surface area contributed by atoms with Crippen molar-refractivity contribution in [1.82, 2.24) is 5.32 Å². The summed E-state index contributed by atoms with van der Waals surface area (Å²) in [7, 11) is 1.56. The number of hydrogen-bond acceptors (Lipinski definition) is 4. The van der Waals surface area contributed by atoms with E-state index >= 15 is 0 Å². The van der Waals surface area contributed by atoms with Gasteiger partial charge in [0.1, 0.15) is 0 Å². The molecule has 0 spiro atoms. The molecule has 0 aliphatic carbocycles. The Labute approximate surface area is 134 Å². The Morgan fingerprint density at radius 3 is 2.57 bits per heavy atom. The summed E-state index contributed by atoms with van der Waals surface area (Å²) in [6.45, 7) is 7.60. The molecule has 1 atom stereocenters. The second kappa shape index (κ2) is 8.24. The normalized spacial score (nSPS) is 12.3. The number of methoxy groups -OCH3 is 1. The van der Waals surface area contributed by atoms with E-state index in [1.165, 1.54) is 0 Å². The van der Waals surface area contributed by atoms with Gasteiger partial charge in [-0.2, -0.15) is 0 Å². The highest BCUT2D eigenvalue weighted by atomic mass is 79.9. The molecule has 21 heavy (non-hydrogen) atoms. The number of rotatable bonds is 8. The van der Waals surface area contributed by atoms with Crippen molar-refractivity contribution in [3.63, 3.8) is 0 Å². The van der Waals surface area contributed by atoms with Crippen LogP contribution in [0.1, 0.15) is 26.3 Å². The molecule has 1 unspecified atom stereocenters. The number of nitrogens with one attached hydrogen (secondary N) is 1. The topological polar surface area (TPSA) is 73.6 Å². The maximum absolute atomic E-state index is 11.1. The third-order valence-electron chi connectivity index (χ3n) is 2.87. The number of carbonyl (C=O) groups excluding carboxylic acids is 1. The lowest BCUT2D eigenvalue weighted by Gasteiger charge is -2.17. The Hall–Kier alpha value is -1.27. The van der Waals surface area contributed by atoms with Crippen LogP contribution in [0.25, 0.3) is 0 Å². The van der Waals surface area contributed by atoms with Crippen molar-refractivity contribution in [3.8, 4) is 11.5 Å². The molecule has 5 nitrogen and oxygen atoms in total. The van der Waals surface area contributed by atoms with Gasteiger partial charge in [-0.05, 0) is 53.0 Å². The zero-order valence-corrected chi connectivity index (χ0v) is 14.5. The van der Waals surface area contributed by atoms with Crippen molar-refractivity contribution in [2.75, 3.05) is 13.7 Å². The first-order chi connectivity index (χ1) is 9.85. The maximum Gasteiger partial charge on any atom is 0.258 e. The van der Waals surface area contributed by atoms with Gasteiger partial charge in [0.25, 0.3) is 5.91 Å². The van der Waals surface area contributed by atoms with Crippen molar-refractivity contribution in [2.45, 2.75) is 33.4 Å². The molecule has 1 aromatic rings. The van der Waals surface area contributed by atoms with Gasteiger partial charge in [0, 0.05) is 6.54 Å². The first-order valence-electron chi connectivity index (χ1n) is 6.88. The number of nitrogens with two attached hydrogens (primary N) is 1. The Kier molecular flexibility index (Phi) is 6.98. The number of amides is 1. The van der Waals surface area contributed by atoms with Gasteiger partial charge in [-0.1, -0.05) is 13.8 Å². The standard InChI is InChI=1S/C15H23BrN2O3/c1-9(2)7-18-8-11-5-12(16)14(13(6-11)20-4)21-10(3)15(17)19/h5-6,9-10,18H,7-8H2,1-4H3,(H2,17,19). The molecule has 3 N–H and O–H groups in total. The smallest absolute Gasteiger partial charge is 0.258 e. The zero-order chi connectivity index (χ0) is 16.0. The van der Waals surface area contributed by atoms with E-state index in [0.29, 0.717) is 17.4 Å². The van der Waals surface area contributed by atoms with Crippen LogP contribution in [0.15, 0.2) is 16.6 Å². The summed E-state index contributed by atoms with van der Waals surface area (Å²) in [5, 5.41) is 3.37. The van der Waals surface area contributed by atoms with Gasteiger partial charge in [-0.25, -0.2) is 0 Å². The minimum atomic E-state index is -0.722. The highest BCUT2D eigenvalue weighted by Crippen LogP contribution is 2.37. The van der Waals surface area contributed by atoms with Gasteiger partial charge in [0.2, 0.25) is 0 Å². The fourth-order valence-electron chi connectivity index (χ4n) is 1.73. The SMILES string of the molecule is COc1cc(CNCC(C)C)cc(Br)c1OC(C)C(N)=O. The minimum absolute atomic E-state index is 0.483. The van der Waals surface area contributed by atoms with E-state index < -0.39 is 12.0 Å². The quantitative estimate of drug-likeness (QED) is 0.748. The van der Waals surface area contributed by atoms with Crippen LogP contribution in [-0.2, 0) is 11.3 Å². The zero-order valence-electron chi connectivity index (χ0n) is 12.9. The molecule has 0 radical (unpaired) electrons. The number of halogens is 1. The van der Waals surface area contributed by atoms with Gasteiger partial charge in [-0.15, -0.1) is 0 Å². The molecule has 6 heteroatoms. The number of ether oxygens (including phenoxy) is 2. The third kappa shape index (κ3) is 5.55. The van der Waals surface area contributed by atoms with Crippen molar-refractivity contribution >= 4 is 21.8 Å². The van der Waals surface area contributed by atoms with E-state index in [1.54, 1.807) is 14.0 Å². The van der Waals surface area contributed by atoms with Crippen molar-refractivity contribution < 1.29 is 14.3 Å². The summed E-state index contributed by atoms with van der Waals surface area (Å²) in [5.41, 5.74) is 6.29. The van der Waals surface area contributed by atoms with E-state index in [-0.39, 0.29) is 0 Å². The second-order valence-electron chi connectivity index (χ2n) is 5.30. The third-order valence-corrected chi connectivity index (χ3v) is 3.46. The number of hydrogen-bond donors (Lipinski definition) is 2. The van der Waals surface area contributed by atoms with Crippen LogP contribution < -0.4 is 20.5 Å². The summed E-state index contributed by atoms with van der Waals surface area (Å²) in [5.74, 6) is 1.12.